The monoisotopic (exact) mass is 452 g/mol. The summed E-state index contributed by atoms with van der Waals surface area (Å²) in [7, 11) is 0. The first-order valence-electron chi connectivity index (χ1n) is 8.46. The van der Waals surface area contributed by atoms with Crippen LogP contribution in [0.15, 0.2) is 47.6 Å². The molecule has 134 valence electrons. The Labute approximate surface area is 166 Å². The number of benzene rings is 1. The van der Waals surface area contributed by atoms with E-state index in [-0.39, 0.29) is 24.0 Å². The van der Waals surface area contributed by atoms with E-state index in [2.05, 4.69) is 34.3 Å². The summed E-state index contributed by atoms with van der Waals surface area (Å²) in [4.78, 5) is 8.67. The van der Waals surface area contributed by atoms with Gasteiger partial charge in [0.25, 0.3) is 0 Å². The van der Waals surface area contributed by atoms with E-state index in [1.165, 1.54) is 18.4 Å². The highest BCUT2D eigenvalue weighted by molar-refractivity contribution is 14.0. The lowest BCUT2D eigenvalue weighted by molar-refractivity contribution is 0.288. The molecule has 5 nitrogen and oxygen atoms in total. The molecule has 1 saturated carbocycles. The van der Waals surface area contributed by atoms with Gasteiger partial charge in [0.2, 0.25) is 5.88 Å². The molecule has 2 aromatic rings. The van der Waals surface area contributed by atoms with E-state index in [0.717, 1.165) is 30.2 Å². The van der Waals surface area contributed by atoms with Gasteiger partial charge in [0.05, 0.1) is 13.2 Å². The molecule has 0 unspecified atom stereocenters. The topological polar surface area (TPSA) is 72.5 Å². The van der Waals surface area contributed by atoms with Crippen molar-refractivity contribution < 1.29 is 4.74 Å². The standard InChI is InChI=1S/C19H24N4O.HI/c1-2-14-4-3-5-17(10-14)23-19(20)22-12-16-8-9-18(21-11-16)24-13-15-6-7-15;/h3-5,8-11,15H,2,6-7,12-13H2,1H3,(H3,20,22,23);1H. The first-order valence-corrected chi connectivity index (χ1v) is 8.46. The maximum atomic E-state index is 5.96. The number of ether oxygens (including phenoxy) is 1. The van der Waals surface area contributed by atoms with Gasteiger partial charge < -0.3 is 15.8 Å². The molecule has 1 aliphatic rings. The SMILES string of the molecule is CCc1cccc(NC(N)=NCc2ccc(OCC3CC3)nc2)c1.I. The third kappa shape index (κ3) is 6.53. The number of aliphatic imine (C=N–C) groups is 1. The van der Waals surface area contributed by atoms with E-state index >= 15 is 0 Å². The lowest BCUT2D eigenvalue weighted by Crippen LogP contribution is -2.22. The normalized spacial score (nSPS) is 13.9. The number of hydrogen-bond acceptors (Lipinski definition) is 3. The van der Waals surface area contributed by atoms with Crippen LogP contribution in [0.25, 0.3) is 0 Å². The average Bonchev–Trinajstić information content (AvgIpc) is 3.44. The van der Waals surface area contributed by atoms with E-state index in [4.69, 9.17) is 10.5 Å². The fourth-order valence-corrected chi connectivity index (χ4v) is 2.31. The fourth-order valence-electron chi connectivity index (χ4n) is 2.31. The van der Waals surface area contributed by atoms with Crippen molar-refractivity contribution in [2.75, 3.05) is 11.9 Å². The second kappa shape index (κ2) is 9.60. The molecule has 0 radical (unpaired) electrons. The molecule has 0 amide bonds. The Morgan fingerprint density at radius 2 is 2.12 bits per heavy atom. The molecule has 3 rings (SSSR count). The van der Waals surface area contributed by atoms with E-state index in [9.17, 15) is 0 Å². The van der Waals surface area contributed by atoms with Crippen molar-refractivity contribution in [1.29, 1.82) is 0 Å². The summed E-state index contributed by atoms with van der Waals surface area (Å²) in [6.45, 7) is 3.39. The van der Waals surface area contributed by atoms with Gasteiger partial charge in [-0.3, -0.25) is 0 Å². The zero-order valence-electron chi connectivity index (χ0n) is 14.4. The van der Waals surface area contributed by atoms with Gasteiger partial charge in [-0.15, -0.1) is 24.0 Å². The predicted molar refractivity (Wildman–Crippen MR) is 113 cm³/mol. The Morgan fingerprint density at radius 3 is 2.80 bits per heavy atom. The second-order valence-electron chi connectivity index (χ2n) is 6.14. The number of nitrogens with one attached hydrogen (secondary N) is 1. The number of anilines is 1. The summed E-state index contributed by atoms with van der Waals surface area (Å²) in [6, 6.07) is 12.0. The van der Waals surface area contributed by atoms with Gasteiger partial charge >= 0.3 is 0 Å². The summed E-state index contributed by atoms with van der Waals surface area (Å²) >= 11 is 0. The minimum atomic E-state index is 0. The third-order valence-electron chi connectivity index (χ3n) is 4.00. The van der Waals surface area contributed by atoms with Crippen molar-refractivity contribution in [3.63, 3.8) is 0 Å². The van der Waals surface area contributed by atoms with Crippen LogP contribution in [0.5, 0.6) is 5.88 Å². The van der Waals surface area contributed by atoms with E-state index in [0.29, 0.717) is 18.4 Å². The lowest BCUT2D eigenvalue weighted by Gasteiger charge is -2.07. The molecule has 0 bridgehead atoms. The van der Waals surface area contributed by atoms with Gasteiger partial charge in [-0.25, -0.2) is 9.98 Å². The molecule has 0 atom stereocenters. The molecule has 1 aromatic carbocycles. The molecular weight excluding hydrogens is 427 g/mol. The van der Waals surface area contributed by atoms with Crippen LogP contribution in [0.4, 0.5) is 5.69 Å². The number of halogens is 1. The minimum Gasteiger partial charge on any atom is -0.477 e. The fraction of sp³-hybridized carbons (Fsp3) is 0.368. The summed E-state index contributed by atoms with van der Waals surface area (Å²) < 4.78 is 5.63. The number of rotatable bonds is 7. The van der Waals surface area contributed by atoms with E-state index in [1.54, 1.807) is 6.20 Å². The molecule has 25 heavy (non-hydrogen) atoms. The van der Waals surface area contributed by atoms with Gasteiger partial charge in [0, 0.05) is 18.0 Å². The molecule has 3 N–H and O–H groups in total. The van der Waals surface area contributed by atoms with Crippen LogP contribution in [0.1, 0.15) is 30.9 Å². The highest BCUT2D eigenvalue weighted by Crippen LogP contribution is 2.29. The van der Waals surface area contributed by atoms with Crippen LogP contribution < -0.4 is 15.8 Å². The van der Waals surface area contributed by atoms with E-state index in [1.807, 2.05) is 24.3 Å². The number of nitrogens with zero attached hydrogens (tertiary/aromatic N) is 2. The molecular formula is C19H25IN4O. The quantitative estimate of drug-likeness (QED) is 0.379. The summed E-state index contributed by atoms with van der Waals surface area (Å²) in [5, 5.41) is 3.12. The predicted octanol–water partition coefficient (Wildman–Crippen LogP) is 3.98. The Kier molecular flexibility index (Phi) is 7.49. The van der Waals surface area contributed by atoms with Crippen LogP contribution in [0, 0.1) is 5.92 Å². The van der Waals surface area contributed by atoms with Crippen molar-refractivity contribution in [1.82, 2.24) is 4.98 Å². The molecule has 0 saturated heterocycles. The number of aryl methyl sites for hydroxylation is 1. The van der Waals surface area contributed by atoms with E-state index < -0.39 is 0 Å². The Balaban J connectivity index is 0.00000225. The van der Waals surface area contributed by atoms with Gasteiger partial charge in [-0.2, -0.15) is 0 Å². The average molecular weight is 452 g/mol. The van der Waals surface area contributed by atoms with Crippen LogP contribution >= 0.6 is 24.0 Å². The highest BCUT2D eigenvalue weighted by Gasteiger charge is 2.21. The molecule has 0 spiro atoms. The van der Waals surface area contributed by atoms with Crippen molar-refractivity contribution in [3.8, 4) is 5.88 Å². The maximum absolute atomic E-state index is 5.96. The van der Waals surface area contributed by atoms with Gasteiger partial charge in [0.15, 0.2) is 5.96 Å². The third-order valence-corrected chi connectivity index (χ3v) is 4.00. The number of nitrogens with two attached hydrogens (primary N) is 1. The smallest absolute Gasteiger partial charge is 0.213 e. The molecule has 6 heteroatoms. The largest absolute Gasteiger partial charge is 0.477 e. The van der Waals surface area contributed by atoms with Crippen LogP contribution in [-0.2, 0) is 13.0 Å². The summed E-state index contributed by atoms with van der Waals surface area (Å²) in [6.07, 6.45) is 5.34. The van der Waals surface area contributed by atoms with Crippen molar-refractivity contribution in [2.24, 2.45) is 16.6 Å². The first kappa shape index (κ1) is 19.5. The number of hydrogen-bond donors (Lipinski definition) is 2. The van der Waals surface area contributed by atoms with Crippen molar-refractivity contribution >= 4 is 35.6 Å². The van der Waals surface area contributed by atoms with Crippen molar-refractivity contribution in [2.45, 2.75) is 32.7 Å². The van der Waals surface area contributed by atoms with Crippen LogP contribution in [0.3, 0.4) is 0 Å². The van der Waals surface area contributed by atoms with Crippen molar-refractivity contribution in [3.05, 3.63) is 53.7 Å². The minimum absolute atomic E-state index is 0. The van der Waals surface area contributed by atoms with Crippen LogP contribution in [0.2, 0.25) is 0 Å². The summed E-state index contributed by atoms with van der Waals surface area (Å²) in [5.41, 5.74) is 9.18. The molecule has 1 aliphatic carbocycles. The zero-order valence-corrected chi connectivity index (χ0v) is 16.8. The molecule has 0 aliphatic heterocycles. The Hall–Kier alpha value is -1.83. The van der Waals surface area contributed by atoms with Gasteiger partial charge in [0.1, 0.15) is 0 Å². The maximum Gasteiger partial charge on any atom is 0.213 e. The van der Waals surface area contributed by atoms with Gasteiger partial charge in [-0.1, -0.05) is 25.1 Å². The Morgan fingerprint density at radius 1 is 1.28 bits per heavy atom. The first-order chi connectivity index (χ1) is 11.7. The lowest BCUT2D eigenvalue weighted by atomic mass is 10.1. The molecule has 1 fully saturated rings. The summed E-state index contributed by atoms with van der Waals surface area (Å²) in [5.74, 6) is 1.81. The van der Waals surface area contributed by atoms with Gasteiger partial charge in [-0.05, 0) is 48.4 Å². The Bertz CT molecular complexity index is 699. The molecule has 1 heterocycles. The number of guanidine groups is 1. The molecule has 1 aromatic heterocycles. The number of pyridine rings is 1. The van der Waals surface area contributed by atoms with Crippen LogP contribution in [-0.4, -0.2) is 17.6 Å². The number of aromatic nitrogens is 1. The highest BCUT2D eigenvalue weighted by atomic mass is 127. The second-order valence-corrected chi connectivity index (χ2v) is 6.14. The zero-order chi connectivity index (χ0) is 16.8.